The van der Waals surface area contributed by atoms with Gasteiger partial charge in [-0.2, -0.15) is 0 Å². The van der Waals surface area contributed by atoms with E-state index >= 15 is 0 Å². The Balaban J connectivity index is 1.30. The van der Waals surface area contributed by atoms with Crippen LogP contribution in [0.25, 0.3) is 10.9 Å². The molecule has 0 aliphatic carbocycles. The van der Waals surface area contributed by atoms with Gasteiger partial charge in [0.05, 0.1) is 19.9 Å². The number of rotatable bonds is 7. The monoisotopic (exact) mass is 462 g/mol. The topological polar surface area (TPSA) is 114 Å². The standard InChI is InChI=1S/C24H23FN6O3/c1-34-20-4-2-3-14(22(20)25)11-27-18-13-28-21-6-5-19(31(21)24(18)33)23(32)29-12-16-9-15-10-26-8-7-17(15)30-16/h2-4,7-10,13,19,27,30H,5-6,11-12H2,1H3,(H,29,32)/t19-/m0/s1. The number of nitrogens with zero attached hydrogens (tertiary/aromatic N) is 3. The smallest absolute Gasteiger partial charge is 0.277 e. The number of amides is 1. The van der Waals surface area contributed by atoms with Gasteiger partial charge in [-0.05, 0) is 24.6 Å². The van der Waals surface area contributed by atoms with E-state index in [0.29, 0.717) is 30.8 Å². The quantitative estimate of drug-likeness (QED) is 0.389. The van der Waals surface area contributed by atoms with E-state index in [2.05, 4.69) is 25.6 Å². The van der Waals surface area contributed by atoms with E-state index < -0.39 is 11.9 Å². The highest BCUT2D eigenvalue weighted by Gasteiger charge is 2.31. The highest BCUT2D eigenvalue weighted by Crippen LogP contribution is 2.24. The summed E-state index contributed by atoms with van der Waals surface area (Å²) in [6, 6.07) is 7.96. The lowest BCUT2D eigenvalue weighted by molar-refractivity contribution is -0.124. The van der Waals surface area contributed by atoms with Crippen LogP contribution in [0.1, 0.15) is 29.5 Å². The molecule has 1 aromatic carbocycles. The fourth-order valence-corrected chi connectivity index (χ4v) is 4.24. The largest absolute Gasteiger partial charge is 0.494 e. The van der Waals surface area contributed by atoms with Crippen molar-refractivity contribution < 1.29 is 13.9 Å². The van der Waals surface area contributed by atoms with Crippen LogP contribution in [0.15, 0.2) is 53.7 Å². The molecule has 3 aromatic heterocycles. The number of aromatic amines is 1. The molecule has 0 unspecified atom stereocenters. The van der Waals surface area contributed by atoms with Crippen LogP contribution in [-0.4, -0.2) is 32.5 Å². The van der Waals surface area contributed by atoms with Crippen LogP contribution in [-0.2, 0) is 24.3 Å². The molecular weight excluding hydrogens is 439 g/mol. The molecule has 0 saturated carbocycles. The predicted octanol–water partition coefficient (Wildman–Crippen LogP) is 2.68. The summed E-state index contributed by atoms with van der Waals surface area (Å²) in [5.74, 6) is -0.0573. The Morgan fingerprint density at radius 1 is 1.29 bits per heavy atom. The number of carbonyl (C=O) groups is 1. The maximum Gasteiger partial charge on any atom is 0.277 e. The lowest BCUT2D eigenvalue weighted by atomic mass is 10.2. The lowest BCUT2D eigenvalue weighted by Gasteiger charge is -2.16. The van der Waals surface area contributed by atoms with E-state index in [1.54, 1.807) is 24.5 Å². The average Bonchev–Trinajstić information content (AvgIpc) is 3.47. The second-order valence-corrected chi connectivity index (χ2v) is 8.08. The maximum atomic E-state index is 14.4. The van der Waals surface area contributed by atoms with Crippen LogP contribution in [0.4, 0.5) is 10.1 Å². The van der Waals surface area contributed by atoms with Gasteiger partial charge in [-0.1, -0.05) is 12.1 Å². The van der Waals surface area contributed by atoms with Gasteiger partial charge in [0.2, 0.25) is 5.91 Å². The van der Waals surface area contributed by atoms with E-state index in [9.17, 15) is 14.0 Å². The molecule has 4 aromatic rings. The van der Waals surface area contributed by atoms with Crippen molar-refractivity contribution in [1.29, 1.82) is 0 Å². The molecule has 0 spiro atoms. The van der Waals surface area contributed by atoms with Gasteiger partial charge in [0.25, 0.3) is 5.56 Å². The molecule has 0 saturated heterocycles. The van der Waals surface area contributed by atoms with Gasteiger partial charge < -0.3 is 20.4 Å². The highest BCUT2D eigenvalue weighted by molar-refractivity contribution is 5.82. The Hall–Kier alpha value is -4.21. The Morgan fingerprint density at radius 2 is 2.18 bits per heavy atom. The normalized spacial score (nSPS) is 14.7. The van der Waals surface area contributed by atoms with Crippen molar-refractivity contribution in [1.82, 2.24) is 24.8 Å². The summed E-state index contributed by atoms with van der Waals surface area (Å²) in [4.78, 5) is 37.8. The third-order valence-electron chi connectivity index (χ3n) is 5.99. The van der Waals surface area contributed by atoms with Crippen molar-refractivity contribution in [2.45, 2.75) is 32.0 Å². The fraction of sp³-hybridized carbons (Fsp3) is 0.250. The molecule has 0 bridgehead atoms. The van der Waals surface area contributed by atoms with Gasteiger partial charge in [0, 0.05) is 47.5 Å². The van der Waals surface area contributed by atoms with Crippen molar-refractivity contribution in [2.75, 3.05) is 12.4 Å². The number of nitrogens with one attached hydrogen (secondary N) is 3. The van der Waals surface area contributed by atoms with Crippen molar-refractivity contribution in [3.8, 4) is 5.75 Å². The van der Waals surface area contributed by atoms with Crippen LogP contribution in [0.3, 0.4) is 0 Å². The predicted molar refractivity (Wildman–Crippen MR) is 124 cm³/mol. The molecule has 10 heteroatoms. The molecule has 4 heterocycles. The second-order valence-electron chi connectivity index (χ2n) is 8.08. The maximum absolute atomic E-state index is 14.4. The summed E-state index contributed by atoms with van der Waals surface area (Å²) in [6.45, 7) is 0.375. The number of methoxy groups -OCH3 is 1. The summed E-state index contributed by atoms with van der Waals surface area (Å²) < 4.78 is 20.9. The Morgan fingerprint density at radius 3 is 3.00 bits per heavy atom. The van der Waals surface area contributed by atoms with Crippen LogP contribution in [0.2, 0.25) is 0 Å². The van der Waals surface area contributed by atoms with Gasteiger partial charge in [-0.25, -0.2) is 9.37 Å². The first kappa shape index (κ1) is 21.6. The summed E-state index contributed by atoms with van der Waals surface area (Å²) in [7, 11) is 1.40. The molecule has 1 aliphatic heterocycles. The number of pyridine rings is 1. The van der Waals surface area contributed by atoms with E-state index in [1.807, 2.05) is 12.1 Å². The van der Waals surface area contributed by atoms with Gasteiger partial charge >= 0.3 is 0 Å². The highest BCUT2D eigenvalue weighted by atomic mass is 19.1. The van der Waals surface area contributed by atoms with Crippen LogP contribution < -0.4 is 20.9 Å². The molecule has 0 radical (unpaired) electrons. The summed E-state index contributed by atoms with van der Waals surface area (Å²) in [5, 5.41) is 6.81. The van der Waals surface area contributed by atoms with Gasteiger partial charge in [0.1, 0.15) is 17.6 Å². The number of fused-ring (bicyclic) bond motifs is 2. The minimum absolute atomic E-state index is 0.0748. The minimum atomic E-state index is -0.656. The first-order chi connectivity index (χ1) is 16.5. The first-order valence-electron chi connectivity index (χ1n) is 10.9. The molecule has 5 rings (SSSR count). The van der Waals surface area contributed by atoms with Gasteiger partial charge in [0.15, 0.2) is 11.6 Å². The molecule has 1 aliphatic rings. The van der Waals surface area contributed by atoms with Gasteiger partial charge in [-0.3, -0.25) is 19.1 Å². The molecule has 9 nitrogen and oxygen atoms in total. The Kier molecular flexibility index (Phi) is 5.70. The Bertz CT molecular complexity index is 1400. The second kappa shape index (κ2) is 8.97. The number of benzene rings is 1. The number of hydrogen-bond donors (Lipinski definition) is 3. The minimum Gasteiger partial charge on any atom is -0.494 e. The van der Waals surface area contributed by atoms with E-state index in [-0.39, 0.29) is 29.4 Å². The number of carbonyl (C=O) groups excluding carboxylic acids is 1. The van der Waals surface area contributed by atoms with Crippen molar-refractivity contribution >= 4 is 22.5 Å². The van der Waals surface area contributed by atoms with Crippen molar-refractivity contribution in [3.63, 3.8) is 0 Å². The average molecular weight is 462 g/mol. The number of aryl methyl sites for hydroxylation is 1. The molecule has 0 fully saturated rings. The molecule has 34 heavy (non-hydrogen) atoms. The lowest BCUT2D eigenvalue weighted by Crippen LogP contribution is -2.36. The molecule has 1 atom stereocenters. The summed E-state index contributed by atoms with van der Waals surface area (Å²) >= 11 is 0. The Labute approximate surface area is 194 Å². The van der Waals surface area contributed by atoms with E-state index in [1.165, 1.54) is 23.9 Å². The fourth-order valence-electron chi connectivity index (χ4n) is 4.24. The van der Waals surface area contributed by atoms with Gasteiger partial charge in [-0.15, -0.1) is 0 Å². The van der Waals surface area contributed by atoms with Crippen molar-refractivity contribution in [2.24, 2.45) is 0 Å². The zero-order valence-corrected chi connectivity index (χ0v) is 18.5. The number of halogens is 1. The molecule has 1 amide bonds. The molecule has 174 valence electrons. The number of hydrogen-bond acceptors (Lipinski definition) is 6. The zero-order chi connectivity index (χ0) is 23.7. The summed E-state index contributed by atoms with van der Waals surface area (Å²) in [5.41, 5.74) is 1.98. The van der Waals surface area contributed by atoms with E-state index in [0.717, 1.165) is 16.6 Å². The number of H-pyrrole nitrogens is 1. The number of ether oxygens (including phenoxy) is 1. The van der Waals surface area contributed by atoms with Crippen LogP contribution >= 0.6 is 0 Å². The third kappa shape index (κ3) is 3.98. The SMILES string of the molecule is COc1cccc(CNc2cnc3n(c2=O)[C@H](C(=O)NCc2cc4cnccc4[nH]2)CC3)c1F. The van der Waals surface area contributed by atoms with E-state index in [4.69, 9.17) is 4.74 Å². The molecule has 3 N–H and O–H groups in total. The summed E-state index contributed by atoms with van der Waals surface area (Å²) in [6.07, 6.45) is 5.89. The van der Waals surface area contributed by atoms with Crippen LogP contribution in [0.5, 0.6) is 5.75 Å². The zero-order valence-electron chi connectivity index (χ0n) is 18.5. The first-order valence-corrected chi connectivity index (χ1v) is 10.9. The van der Waals surface area contributed by atoms with Crippen LogP contribution in [0, 0.1) is 5.82 Å². The molecular formula is C24H23FN6O3. The number of anilines is 1. The number of aromatic nitrogens is 4. The van der Waals surface area contributed by atoms with Crippen molar-refractivity contribution in [3.05, 3.63) is 82.2 Å². The third-order valence-corrected chi connectivity index (χ3v) is 5.99.